The first-order chi connectivity index (χ1) is 14.6. The summed E-state index contributed by atoms with van der Waals surface area (Å²) in [7, 11) is 0. The van der Waals surface area contributed by atoms with E-state index in [-0.39, 0.29) is 17.7 Å². The summed E-state index contributed by atoms with van der Waals surface area (Å²) in [5.41, 5.74) is 3.11. The Hall–Kier alpha value is -2.73. The Morgan fingerprint density at radius 3 is 2.53 bits per heavy atom. The number of thiazole rings is 1. The molecule has 0 spiro atoms. The number of hydrogen-bond donors (Lipinski definition) is 0. The van der Waals surface area contributed by atoms with E-state index in [0.717, 1.165) is 42.7 Å². The molecule has 2 aromatic carbocycles. The first-order valence-corrected chi connectivity index (χ1v) is 11.4. The van der Waals surface area contributed by atoms with Crippen LogP contribution in [0.5, 0.6) is 0 Å². The Balaban J connectivity index is 1.21. The first kappa shape index (κ1) is 19.2. The summed E-state index contributed by atoms with van der Waals surface area (Å²) >= 11 is 1.77. The monoisotopic (exact) mass is 419 g/mol. The van der Waals surface area contributed by atoms with Gasteiger partial charge in [-0.3, -0.25) is 9.59 Å². The number of nitrogens with zero attached hydrogens (tertiary/aromatic N) is 3. The van der Waals surface area contributed by atoms with Gasteiger partial charge >= 0.3 is 0 Å². The summed E-state index contributed by atoms with van der Waals surface area (Å²) < 4.78 is 1.23. The van der Waals surface area contributed by atoms with Crippen molar-refractivity contribution in [2.75, 3.05) is 24.5 Å². The van der Waals surface area contributed by atoms with Crippen molar-refractivity contribution in [3.05, 3.63) is 59.1 Å². The van der Waals surface area contributed by atoms with Gasteiger partial charge in [-0.15, -0.1) is 11.3 Å². The van der Waals surface area contributed by atoms with Crippen molar-refractivity contribution in [3.8, 4) is 0 Å². The van der Waals surface area contributed by atoms with Gasteiger partial charge < -0.3 is 9.80 Å². The van der Waals surface area contributed by atoms with E-state index in [0.29, 0.717) is 18.9 Å². The average Bonchev–Trinajstić information content (AvgIpc) is 3.38. The number of hydrogen-bond acceptors (Lipinski definition) is 4. The van der Waals surface area contributed by atoms with E-state index in [2.05, 4.69) is 12.1 Å². The Bertz CT molecular complexity index is 1050. The standard InChI is InChI=1S/C24H25N3O2S/c1-16-6-8-19(9-7-16)27-15-18(14-22(27)28)24(29)26-12-10-17(11-13-26)23-25-20-4-2-3-5-21(20)30-23/h2-9,17-18H,10-15H2,1H3. The molecule has 0 radical (unpaired) electrons. The van der Waals surface area contributed by atoms with Gasteiger partial charge in [0.05, 0.1) is 21.1 Å². The lowest BCUT2D eigenvalue weighted by Gasteiger charge is -2.32. The minimum atomic E-state index is -0.238. The molecule has 2 fully saturated rings. The number of piperidine rings is 1. The molecule has 5 nitrogen and oxygen atoms in total. The number of amides is 2. The van der Waals surface area contributed by atoms with E-state index in [1.807, 2.05) is 48.2 Å². The molecule has 5 rings (SSSR count). The predicted octanol–water partition coefficient (Wildman–Crippen LogP) is 4.36. The molecule has 6 heteroatoms. The van der Waals surface area contributed by atoms with Crippen LogP contribution in [0, 0.1) is 12.8 Å². The molecule has 2 aliphatic heterocycles. The fourth-order valence-electron chi connectivity index (χ4n) is 4.52. The zero-order chi connectivity index (χ0) is 20.7. The summed E-state index contributed by atoms with van der Waals surface area (Å²) in [6, 6.07) is 16.2. The molecule has 0 aliphatic carbocycles. The Kier molecular flexibility index (Phi) is 5.03. The molecule has 0 bridgehead atoms. The van der Waals surface area contributed by atoms with Crippen molar-refractivity contribution in [2.24, 2.45) is 5.92 Å². The van der Waals surface area contributed by atoms with Crippen LogP contribution in [0.3, 0.4) is 0 Å². The second-order valence-electron chi connectivity index (χ2n) is 8.36. The van der Waals surface area contributed by atoms with Gasteiger partial charge in [-0.1, -0.05) is 29.8 Å². The number of aryl methyl sites for hydroxylation is 1. The second kappa shape index (κ2) is 7.84. The average molecular weight is 420 g/mol. The second-order valence-corrected chi connectivity index (χ2v) is 9.42. The van der Waals surface area contributed by atoms with Gasteiger partial charge in [-0.05, 0) is 44.0 Å². The van der Waals surface area contributed by atoms with Crippen LogP contribution < -0.4 is 4.90 Å². The number of benzene rings is 2. The number of likely N-dealkylation sites (tertiary alicyclic amines) is 1. The third-order valence-corrected chi connectivity index (χ3v) is 7.49. The topological polar surface area (TPSA) is 53.5 Å². The molecule has 30 heavy (non-hydrogen) atoms. The van der Waals surface area contributed by atoms with E-state index in [1.165, 1.54) is 9.71 Å². The van der Waals surface area contributed by atoms with Crippen LogP contribution in [0.1, 0.15) is 35.8 Å². The molecule has 3 aromatic rings. The highest BCUT2D eigenvalue weighted by Crippen LogP contribution is 2.35. The maximum absolute atomic E-state index is 13.1. The molecular weight excluding hydrogens is 394 g/mol. The van der Waals surface area contributed by atoms with Crippen LogP contribution in [-0.2, 0) is 9.59 Å². The quantitative estimate of drug-likeness (QED) is 0.634. The van der Waals surface area contributed by atoms with Gasteiger partial charge in [0, 0.05) is 37.7 Å². The molecular formula is C24H25N3O2S. The van der Waals surface area contributed by atoms with Crippen molar-refractivity contribution >= 4 is 39.1 Å². The minimum absolute atomic E-state index is 0.0431. The summed E-state index contributed by atoms with van der Waals surface area (Å²) in [6.45, 7) is 4.00. The van der Waals surface area contributed by atoms with E-state index >= 15 is 0 Å². The van der Waals surface area contributed by atoms with Crippen molar-refractivity contribution in [1.82, 2.24) is 9.88 Å². The smallest absolute Gasteiger partial charge is 0.228 e. The lowest BCUT2D eigenvalue weighted by molar-refractivity contribution is -0.136. The zero-order valence-electron chi connectivity index (χ0n) is 17.1. The Morgan fingerprint density at radius 1 is 1.07 bits per heavy atom. The number of rotatable bonds is 3. The van der Waals surface area contributed by atoms with E-state index in [9.17, 15) is 9.59 Å². The highest BCUT2D eigenvalue weighted by atomic mass is 32.1. The van der Waals surface area contributed by atoms with Crippen LogP contribution in [0.2, 0.25) is 0 Å². The predicted molar refractivity (Wildman–Crippen MR) is 120 cm³/mol. The van der Waals surface area contributed by atoms with Crippen molar-refractivity contribution in [1.29, 1.82) is 0 Å². The maximum atomic E-state index is 13.1. The third kappa shape index (κ3) is 3.60. The first-order valence-electron chi connectivity index (χ1n) is 10.6. The number of fused-ring (bicyclic) bond motifs is 1. The van der Waals surface area contributed by atoms with Crippen molar-refractivity contribution in [3.63, 3.8) is 0 Å². The fourth-order valence-corrected chi connectivity index (χ4v) is 5.65. The molecule has 2 saturated heterocycles. The number of para-hydroxylation sites is 1. The SMILES string of the molecule is Cc1ccc(N2CC(C(=O)N3CCC(c4nc5ccccc5s4)CC3)CC2=O)cc1. The van der Waals surface area contributed by atoms with Gasteiger partial charge in [0.1, 0.15) is 0 Å². The molecule has 0 saturated carbocycles. The normalized spacial score (nSPS) is 20.3. The number of carbonyl (C=O) groups excluding carboxylic acids is 2. The van der Waals surface area contributed by atoms with Gasteiger partial charge in [-0.25, -0.2) is 4.98 Å². The maximum Gasteiger partial charge on any atom is 0.228 e. The number of aromatic nitrogens is 1. The molecule has 2 amide bonds. The molecule has 1 aromatic heterocycles. The summed E-state index contributed by atoms with van der Waals surface area (Å²) in [5, 5.41) is 1.19. The molecule has 1 unspecified atom stereocenters. The lowest BCUT2D eigenvalue weighted by atomic mass is 9.96. The van der Waals surface area contributed by atoms with Crippen molar-refractivity contribution in [2.45, 2.75) is 32.1 Å². The molecule has 3 heterocycles. The summed E-state index contributed by atoms with van der Waals surface area (Å²) in [6.07, 6.45) is 2.19. The summed E-state index contributed by atoms with van der Waals surface area (Å²) in [5.74, 6) is 0.348. The van der Waals surface area contributed by atoms with Crippen molar-refractivity contribution < 1.29 is 9.59 Å². The number of carbonyl (C=O) groups is 2. The van der Waals surface area contributed by atoms with Crippen LogP contribution in [0.25, 0.3) is 10.2 Å². The van der Waals surface area contributed by atoms with E-state index in [1.54, 1.807) is 16.2 Å². The molecule has 1 atom stereocenters. The minimum Gasteiger partial charge on any atom is -0.342 e. The molecule has 2 aliphatic rings. The van der Waals surface area contributed by atoms with Crippen LogP contribution in [0.15, 0.2) is 48.5 Å². The lowest BCUT2D eigenvalue weighted by Crippen LogP contribution is -2.42. The van der Waals surface area contributed by atoms with Crippen LogP contribution >= 0.6 is 11.3 Å². The zero-order valence-corrected chi connectivity index (χ0v) is 17.9. The van der Waals surface area contributed by atoms with Gasteiger partial charge in [0.2, 0.25) is 11.8 Å². The third-order valence-electron chi connectivity index (χ3n) is 6.29. The highest BCUT2D eigenvalue weighted by molar-refractivity contribution is 7.18. The van der Waals surface area contributed by atoms with Gasteiger partial charge in [0.15, 0.2) is 0 Å². The fraction of sp³-hybridized carbons (Fsp3) is 0.375. The molecule has 154 valence electrons. The molecule has 0 N–H and O–H groups in total. The largest absolute Gasteiger partial charge is 0.342 e. The Labute approximate surface area is 180 Å². The van der Waals surface area contributed by atoms with Crippen LogP contribution in [0.4, 0.5) is 5.69 Å². The van der Waals surface area contributed by atoms with Crippen LogP contribution in [-0.4, -0.2) is 41.3 Å². The van der Waals surface area contributed by atoms with Gasteiger partial charge in [-0.2, -0.15) is 0 Å². The van der Waals surface area contributed by atoms with E-state index in [4.69, 9.17) is 4.98 Å². The highest BCUT2D eigenvalue weighted by Gasteiger charge is 2.38. The Morgan fingerprint density at radius 2 is 1.80 bits per heavy atom. The van der Waals surface area contributed by atoms with E-state index < -0.39 is 0 Å². The van der Waals surface area contributed by atoms with Gasteiger partial charge in [0.25, 0.3) is 0 Å². The summed E-state index contributed by atoms with van der Waals surface area (Å²) in [4.78, 5) is 34.1. The number of anilines is 1.